The summed E-state index contributed by atoms with van der Waals surface area (Å²) in [5.41, 5.74) is 6.39. The van der Waals surface area contributed by atoms with Crippen LogP contribution in [0.25, 0.3) is 0 Å². The molecule has 2 N–H and O–H groups in total. The number of nitrogens with two attached hydrogens (primary N) is 1. The molecule has 0 saturated carbocycles. The summed E-state index contributed by atoms with van der Waals surface area (Å²) in [6.45, 7) is 0.248. The zero-order valence-electron chi connectivity index (χ0n) is 10.6. The van der Waals surface area contributed by atoms with Crippen LogP contribution in [0.3, 0.4) is 0 Å². The van der Waals surface area contributed by atoms with Gasteiger partial charge in [-0.3, -0.25) is 4.98 Å². The molecule has 0 fully saturated rings. The average molecular weight is 274 g/mol. The van der Waals surface area contributed by atoms with Gasteiger partial charge in [0.25, 0.3) is 0 Å². The molecule has 0 aliphatic rings. The molecule has 1 aromatic carbocycles. The van der Waals surface area contributed by atoms with E-state index in [2.05, 4.69) is 16.8 Å². The fraction of sp³-hybridized carbons (Fsp3) is 0.133. The van der Waals surface area contributed by atoms with Gasteiger partial charge in [0.1, 0.15) is 12.4 Å². The van der Waals surface area contributed by atoms with Gasteiger partial charge in [0.05, 0.1) is 12.7 Å². The normalized spacial score (nSPS) is 9.75. The number of rotatable bonds is 3. The van der Waals surface area contributed by atoms with E-state index in [0.29, 0.717) is 11.1 Å². The van der Waals surface area contributed by atoms with Gasteiger partial charge in [0.15, 0.2) is 11.6 Å². The lowest BCUT2D eigenvalue weighted by Crippen LogP contribution is -1.99. The van der Waals surface area contributed by atoms with E-state index in [1.807, 2.05) is 0 Å². The molecule has 2 aromatic rings. The van der Waals surface area contributed by atoms with E-state index in [0.717, 1.165) is 6.20 Å². The van der Waals surface area contributed by atoms with E-state index in [-0.39, 0.29) is 18.9 Å². The summed E-state index contributed by atoms with van der Waals surface area (Å²) < 4.78 is 31.9. The van der Waals surface area contributed by atoms with Gasteiger partial charge in [-0.05, 0) is 24.3 Å². The number of aromatic nitrogens is 1. The fourth-order valence-corrected chi connectivity index (χ4v) is 1.54. The van der Waals surface area contributed by atoms with Gasteiger partial charge in [-0.25, -0.2) is 8.78 Å². The molecule has 0 unspecified atom stereocenters. The van der Waals surface area contributed by atoms with Crippen molar-refractivity contribution in [2.45, 2.75) is 6.61 Å². The first-order valence-corrected chi connectivity index (χ1v) is 5.90. The van der Waals surface area contributed by atoms with Gasteiger partial charge in [0, 0.05) is 17.3 Å². The topological polar surface area (TPSA) is 48.1 Å². The maximum absolute atomic E-state index is 13.6. The van der Waals surface area contributed by atoms with E-state index in [1.54, 1.807) is 0 Å². The number of hydrogen-bond donors (Lipinski definition) is 1. The maximum atomic E-state index is 13.6. The smallest absolute Gasteiger partial charge is 0.165 e. The number of pyridine rings is 1. The maximum Gasteiger partial charge on any atom is 0.165 e. The molecule has 0 radical (unpaired) electrons. The number of benzene rings is 1. The highest BCUT2D eigenvalue weighted by atomic mass is 19.1. The summed E-state index contributed by atoms with van der Waals surface area (Å²) in [7, 11) is 0. The SMILES string of the molecule is NCC#Cc1ccc(F)c(OCc2cncc(F)c2)c1. The van der Waals surface area contributed by atoms with E-state index >= 15 is 0 Å². The predicted molar refractivity (Wildman–Crippen MR) is 70.9 cm³/mol. The second kappa shape index (κ2) is 6.64. The molecule has 3 nitrogen and oxygen atoms in total. The summed E-state index contributed by atoms with van der Waals surface area (Å²) in [5.74, 6) is 4.54. The van der Waals surface area contributed by atoms with Gasteiger partial charge in [-0.1, -0.05) is 11.8 Å². The van der Waals surface area contributed by atoms with Crippen LogP contribution in [0.5, 0.6) is 5.75 Å². The second-order valence-electron chi connectivity index (χ2n) is 3.95. The van der Waals surface area contributed by atoms with Crippen LogP contribution in [-0.4, -0.2) is 11.5 Å². The largest absolute Gasteiger partial charge is 0.486 e. The molecule has 20 heavy (non-hydrogen) atoms. The van der Waals surface area contributed by atoms with Crippen molar-refractivity contribution in [3.8, 4) is 17.6 Å². The van der Waals surface area contributed by atoms with Crippen molar-refractivity contribution in [3.05, 3.63) is 59.4 Å². The quantitative estimate of drug-likeness (QED) is 0.873. The van der Waals surface area contributed by atoms with Crippen molar-refractivity contribution in [2.24, 2.45) is 5.73 Å². The Kier molecular flexibility index (Phi) is 4.64. The molecule has 0 bridgehead atoms. The van der Waals surface area contributed by atoms with Crippen LogP contribution in [0.15, 0.2) is 36.7 Å². The van der Waals surface area contributed by atoms with Crippen LogP contribution in [0, 0.1) is 23.5 Å². The minimum absolute atomic E-state index is 0.0233. The Hall–Kier alpha value is -2.45. The highest BCUT2D eigenvalue weighted by Crippen LogP contribution is 2.19. The lowest BCUT2D eigenvalue weighted by atomic mass is 10.2. The van der Waals surface area contributed by atoms with Crippen LogP contribution in [-0.2, 0) is 6.61 Å². The number of nitrogens with zero attached hydrogens (tertiary/aromatic N) is 1. The van der Waals surface area contributed by atoms with E-state index in [9.17, 15) is 8.78 Å². The summed E-state index contributed by atoms with van der Waals surface area (Å²) in [4.78, 5) is 3.69. The third-order valence-electron chi connectivity index (χ3n) is 2.42. The van der Waals surface area contributed by atoms with E-state index in [1.165, 1.54) is 30.5 Å². The zero-order valence-corrected chi connectivity index (χ0v) is 10.6. The van der Waals surface area contributed by atoms with E-state index < -0.39 is 11.6 Å². The molecule has 2 rings (SSSR count). The first kappa shape index (κ1) is 14.0. The van der Waals surface area contributed by atoms with Gasteiger partial charge in [-0.15, -0.1) is 0 Å². The third-order valence-corrected chi connectivity index (χ3v) is 2.42. The molecule has 0 amide bonds. The Bertz CT molecular complexity index is 662. The Morgan fingerprint density at radius 1 is 1.20 bits per heavy atom. The molecule has 102 valence electrons. The minimum Gasteiger partial charge on any atom is -0.486 e. The first-order valence-electron chi connectivity index (χ1n) is 5.90. The Morgan fingerprint density at radius 2 is 2.05 bits per heavy atom. The Balaban J connectivity index is 2.12. The first-order chi connectivity index (χ1) is 9.69. The van der Waals surface area contributed by atoms with Crippen molar-refractivity contribution >= 4 is 0 Å². The molecule has 1 heterocycles. The number of hydrogen-bond acceptors (Lipinski definition) is 3. The molecule has 5 heteroatoms. The van der Waals surface area contributed by atoms with Gasteiger partial charge >= 0.3 is 0 Å². The number of ether oxygens (including phenoxy) is 1. The van der Waals surface area contributed by atoms with Crippen LogP contribution >= 0.6 is 0 Å². The predicted octanol–water partition coefficient (Wildman–Crippen LogP) is 2.25. The molecule has 0 aliphatic heterocycles. The van der Waals surface area contributed by atoms with Crippen molar-refractivity contribution in [2.75, 3.05) is 6.54 Å². The minimum atomic E-state index is -0.507. The van der Waals surface area contributed by atoms with Crippen LogP contribution in [0.4, 0.5) is 8.78 Å². The lowest BCUT2D eigenvalue weighted by molar-refractivity contribution is 0.289. The number of halogens is 2. The molecule has 0 atom stereocenters. The average Bonchev–Trinajstić information content (AvgIpc) is 2.45. The molecule has 0 spiro atoms. The van der Waals surface area contributed by atoms with Crippen LogP contribution in [0.2, 0.25) is 0 Å². The Morgan fingerprint density at radius 3 is 2.80 bits per heavy atom. The molecule has 0 aliphatic carbocycles. The fourth-order valence-electron chi connectivity index (χ4n) is 1.54. The van der Waals surface area contributed by atoms with Gasteiger partial charge in [-0.2, -0.15) is 0 Å². The molecular weight excluding hydrogens is 262 g/mol. The zero-order chi connectivity index (χ0) is 14.4. The van der Waals surface area contributed by atoms with Crippen LogP contribution < -0.4 is 10.5 Å². The lowest BCUT2D eigenvalue weighted by Gasteiger charge is -2.07. The summed E-state index contributed by atoms with van der Waals surface area (Å²) in [6.07, 6.45) is 2.55. The van der Waals surface area contributed by atoms with Crippen LogP contribution in [0.1, 0.15) is 11.1 Å². The summed E-state index contributed by atoms with van der Waals surface area (Å²) in [5, 5.41) is 0. The van der Waals surface area contributed by atoms with Gasteiger partial charge < -0.3 is 10.5 Å². The van der Waals surface area contributed by atoms with Crippen molar-refractivity contribution in [1.29, 1.82) is 0 Å². The standard InChI is InChI=1S/C15H12F2N2O/c16-13-6-12(8-19-9-13)10-20-15-7-11(2-1-5-18)3-4-14(15)17/h3-4,6-9H,5,10,18H2. The Labute approximate surface area is 115 Å². The van der Waals surface area contributed by atoms with Crippen molar-refractivity contribution in [3.63, 3.8) is 0 Å². The summed E-state index contributed by atoms with van der Waals surface area (Å²) in [6, 6.07) is 5.56. The van der Waals surface area contributed by atoms with E-state index in [4.69, 9.17) is 10.5 Å². The summed E-state index contributed by atoms with van der Waals surface area (Å²) >= 11 is 0. The molecular formula is C15H12F2N2O. The highest BCUT2D eigenvalue weighted by molar-refractivity contribution is 5.40. The van der Waals surface area contributed by atoms with Crippen molar-refractivity contribution < 1.29 is 13.5 Å². The molecule has 1 aromatic heterocycles. The third kappa shape index (κ3) is 3.77. The second-order valence-corrected chi connectivity index (χ2v) is 3.95. The van der Waals surface area contributed by atoms with Gasteiger partial charge in [0.2, 0.25) is 0 Å². The van der Waals surface area contributed by atoms with Crippen molar-refractivity contribution in [1.82, 2.24) is 4.98 Å². The monoisotopic (exact) mass is 274 g/mol. The highest BCUT2D eigenvalue weighted by Gasteiger charge is 2.05. The molecule has 0 saturated heterocycles.